The third-order valence-corrected chi connectivity index (χ3v) is 6.07. The molecular weight excluding hydrogens is 232 g/mol. The Kier molecular flexibility index (Phi) is 4.48. The van der Waals surface area contributed by atoms with Gasteiger partial charge in [-0.1, -0.05) is 45.4 Å². The molecule has 3 aliphatic rings. The predicted molar refractivity (Wildman–Crippen MR) is 81.4 cm³/mol. The fourth-order valence-corrected chi connectivity index (χ4v) is 4.74. The van der Waals surface area contributed by atoms with Crippen LogP contribution in [0, 0.1) is 5.92 Å². The van der Waals surface area contributed by atoms with Gasteiger partial charge in [-0.25, -0.2) is 0 Å². The summed E-state index contributed by atoms with van der Waals surface area (Å²) in [7, 11) is 0. The Balaban J connectivity index is 1.55. The molecule has 1 N–H and O–H groups in total. The van der Waals surface area contributed by atoms with Gasteiger partial charge < -0.3 is 5.32 Å². The van der Waals surface area contributed by atoms with Crippen LogP contribution in [0.3, 0.4) is 0 Å². The van der Waals surface area contributed by atoms with E-state index in [1.165, 1.54) is 83.8 Å². The quantitative estimate of drug-likeness (QED) is 0.835. The van der Waals surface area contributed by atoms with Crippen LogP contribution in [0.25, 0.3) is 0 Å². The van der Waals surface area contributed by atoms with Crippen LogP contribution in [0.2, 0.25) is 0 Å². The van der Waals surface area contributed by atoms with Crippen molar-refractivity contribution < 1.29 is 0 Å². The highest BCUT2D eigenvalue weighted by Crippen LogP contribution is 2.34. The molecule has 2 saturated carbocycles. The van der Waals surface area contributed by atoms with Crippen LogP contribution in [0.5, 0.6) is 0 Å². The van der Waals surface area contributed by atoms with Crippen molar-refractivity contribution in [2.45, 2.75) is 82.7 Å². The molecule has 0 aromatic heterocycles. The van der Waals surface area contributed by atoms with E-state index in [9.17, 15) is 0 Å². The van der Waals surface area contributed by atoms with Crippen molar-refractivity contribution >= 4 is 0 Å². The first-order valence-electron chi connectivity index (χ1n) is 8.80. The SMILES string of the molecule is CCC1CNC2(CCCC2)CN1CCC1CCCC1. The van der Waals surface area contributed by atoms with Gasteiger partial charge in [0.25, 0.3) is 0 Å². The van der Waals surface area contributed by atoms with Crippen LogP contribution >= 0.6 is 0 Å². The predicted octanol–water partition coefficient (Wildman–Crippen LogP) is 3.56. The number of rotatable bonds is 4. The second kappa shape index (κ2) is 6.13. The number of piperazine rings is 1. The molecule has 0 bridgehead atoms. The number of hydrogen-bond acceptors (Lipinski definition) is 2. The molecule has 110 valence electrons. The topological polar surface area (TPSA) is 15.3 Å². The van der Waals surface area contributed by atoms with Crippen LogP contribution in [-0.4, -0.2) is 36.1 Å². The lowest BCUT2D eigenvalue weighted by molar-refractivity contribution is 0.0732. The van der Waals surface area contributed by atoms with Crippen LogP contribution in [-0.2, 0) is 0 Å². The molecule has 1 spiro atoms. The molecule has 0 aromatic rings. The van der Waals surface area contributed by atoms with Crippen molar-refractivity contribution in [2.24, 2.45) is 5.92 Å². The minimum atomic E-state index is 0.501. The highest BCUT2D eigenvalue weighted by atomic mass is 15.3. The van der Waals surface area contributed by atoms with Gasteiger partial charge in [0.15, 0.2) is 0 Å². The molecule has 0 radical (unpaired) electrons. The summed E-state index contributed by atoms with van der Waals surface area (Å²) < 4.78 is 0. The summed E-state index contributed by atoms with van der Waals surface area (Å²) >= 11 is 0. The maximum atomic E-state index is 3.91. The molecule has 1 saturated heterocycles. The van der Waals surface area contributed by atoms with Gasteiger partial charge >= 0.3 is 0 Å². The molecule has 0 amide bonds. The second-order valence-electron chi connectivity index (χ2n) is 7.34. The van der Waals surface area contributed by atoms with Gasteiger partial charge in [-0.3, -0.25) is 4.90 Å². The first kappa shape index (κ1) is 13.9. The normalized spacial score (nSPS) is 32.4. The number of hydrogen-bond donors (Lipinski definition) is 1. The lowest BCUT2D eigenvalue weighted by Gasteiger charge is -2.46. The summed E-state index contributed by atoms with van der Waals surface area (Å²) in [6, 6.07) is 0.799. The molecule has 19 heavy (non-hydrogen) atoms. The van der Waals surface area contributed by atoms with E-state index in [0.29, 0.717) is 5.54 Å². The second-order valence-corrected chi connectivity index (χ2v) is 7.34. The molecule has 1 aliphatic heterocycles. The van der Waals surface area contributed by atoms with Gasteiger partial charge in [-0.15, -0.1) is 0 Å². The maximum Gasteiger partial charge on any atom is 0.0309 e. The Labute approximate surface area is 119 Å². The molecule has 1 atom stereocenters. The van der Waals surface area contributed by atoms with Crippen molar-refractivity contribution in [2.75, 3.05) is 19.6 Å². The summed E-state index contributed by atoms with van der Waals surface area (Å²) in [5.74, 6) is 1.05. The van der Waals surface area contributed by atoms with Crippen molar-refractivity contribution in [3.05, 3.63) is 0 Å². The standard InChI is InChI=1S/C17H32N2/c1-2-16-13-18-17(10-5-6-11-17)14-19(16)12-9-15-7-3-4-8-15/h15-16,18H,2-14H2,1H3. The summed E-state index contributed by atoms with van der Waals surface area (Å²) in [6.45, 7) is 6.30. The highest BCUT2D eigenvalue weighted by Gasteiger charge is 2.40. The Morgan fingerprint density at radius 3 is 2.53 bits per heavy atom. The Morgan fingerprint density at radius 1 is 1.11 bits per heavy atom. The van der Waals surface area contributed by atoms with E-state index in [1.807, 2.05) is 0 Å². The fourth-order valence-electron chi connectivity index (χ4n) is 4.74. The van der Waals surface area contributed by atoms with Gasteiger partial charge in [0.1, 0.15) is 0 Å². The van der Waals surface area contributed by atoms with E-state index in [0.717, 1.165) is 12.0 Å². The summed E-state index contributed by atoms with van der Waals surface area (Å²) in [6.07, 6.45) is 14.5. The smallest absolute Gasteiger partial charge is 0.0309 e. The number of nitrogens with zero attached hydrogens (tertiary/aromatic N) is 1. The van der Waals surface area contributed by atoms with E-state index < -0.39 is 0 Å². The summed E-state index contributed by atoms with van der Waals surface area (Å²) in [5, 5.41) is 3.91. The van der Waals surface area contributed by atoms with Gasteiger partial charge in [-0.2, -0.15) is 0 Å². The number of nitrogens with one attached hydrogen (secondary N) is 1. The average Bonchev–Trinajstić information content (AvgIpc) is 3.09. The molecule has 1 heterocycles. The molecule has 2 nitrogen and oxygen atoms in total. The van der Waals surface area contributed by atoms with Gasteiger partial charge in [0.05, 0.1) is 0 Å². The maximum absolute atomic E-state index is 3.91. The van der Waals surface area contributed by atoms with Crippen molar-refractivity contribution in [1.82, 2.24) is 10.2 Å². The molecule has 2 heteroatoms. The van der Waals surface area contributed by atoms with Crippen molar-refractivity contribution in [1.29, 1.82) is 0 Å². The fraction of sp³-hybridized carbons (Fsp3) is 1.00. The zero-order chi connectivity index (χ0) is 13.1. The van der Waals surface area contributed by atoms with Crippen LogP contribution in [0.1, 0.15) is 71.1 Å². The van der Waals surface area contributed by atoms with E-state index in [-0.39, 0.29) is 0 Å². The Hall–Kier alpha value is -0.0800. The Morgan fingerprint density at radius 2 is 1.84 bits per heavy atom. The minimum Gasteiger partial charge on any atom is -0.308 e. The van der Waals surface area contributed by atoms with Crippen LogP contribution in [0.15, 0.2) is 0 Å². The lowest BCUT2D eigenvalue weighted by atomic mass is 9.91. The third kappa shape index (κ3) is 3.16. The van der Waals surface area contributed by atoms with Crippen LogP contribution < -0.4 is 5.32 Å². The van der Waals surface area contributed by atoms with E-state index in [2.05, 4.69) is 17.1 Å². The molecule has 0 aromatic carbocycles. The van der Waals surface area contributed by atoms with Gasteiger partial charge in [0.2, 0.25) is 0 Å². The first-order chi connectivity index (χ1) is 9.31. The summed E-state index contributed by atoms with van der Waals surface area (Å²) in [4.78, 5) is 2.85. The summed E-state index contributed by atoms with van der Waals surface area (Å²) in [5.41, 5.74) is 0.501. The zero-order valence-electron chi connectivity index (χ0n) is 12.8. The molecule has 3 rings (SSSR count). The highest BCUT2D eigenvalue weighted by molar-refractivity contribution is 5.00. The van der Waals surface area contributed by atoms with E-state index in [1.54, 1.807) is 0 Å². The molecular formula is C17H32N2. The largest absolute Gasteiger partial charge is 0.308 e. The zero-order valence-corrected chi connectivity index (χ0v) is 12.8. The lowest BCUT2D eigenvalue weighted by Crippen LogP contribution is -2.63. The molecule has 3 fully saturated rings. The van der Waals surface area contributed by atoms with Gasteiger partial charge in [0, 0.05) is 24.7 Å². The third-order valence-electron chi connectivity index (χ3n) is 6.07. The van der Waals surface area contributed by atoms with Crippen molar-refractivity contribution in [3.8, 4) is 0 Å². The monoisotopic (exact) mass is 264 g/mol. The minimum absolute atomic E-state index is 0.501. The van der Waals surface area contributed by atoms with E-state index >= 15 is 0 Å². The van der Waals surface area contributed by atoms with Crippen molar-refractivity contribution in [3.63, 3.8) is 0 Å². The Bertz CT molecular complexity index is 277. The molecule has 2 aliphatic carbocycles. The van der Waals surface area contributed by atoms with Crippen LogP contribution in [0.4, 0.5) is 0 Å². The average molecular weight is 264 g/mol. The first-order valence-corrected chi connectivity index (χ1v) is 8.80. The molecule has 1 unspecified atom stereocenters. The van der Waals surface area contributed by atoms with E-state index in [4.69, 9.17) is 0 Å². The van der Waals surface area contributed by atoms with Gasteiger partial charge in [-0.05, 0) is 38.1 Å².